The molecule has 1 fully saturated rings. The summed E-state index contributed by atoms with van der Waals surface area (Å²) in [6.07, 6.45) is 2.76. The van der Waals surface area contributed by atoms with Crippen molar-refractivity contribution in [2.24, 2.45) is 7.05 Å². The number of carbonyl (C=O) groups is 1. The summed E-state index contributed by atoms with van der Waals surface area (Å²) >= 11 is 0. The number of aryl methyl sites for hydroxylation is 2. The maximum absolute atomic E-state index is 14.4. The summed E-state index contributed by atoms with van der Waals surface area (Å²) in [6.45, 7) is 4.12. The lowest BCUT2D eigenvalue weighted by Gasteiger charge is -2.31. The zero-order valence-electron chi connectivity index (χ0n) is 20.0. The topological polar surface area (TPSA) is 97.6 Å². The van der Waals surface area contributed by atoms with E-state index < -0.39 is 11.6 Å². The van der Waals surface area contributed by atoms with Crippen molar-refractivity contribution in [3.63, 3.8) is 0 Å². The fourth-order valence-corrected chi connectivity index (χ4v) is 3.67. The number of methoxy groups -OCH3 is 1. The van der Waals surface area contributed by atoms with Crippen LogP contribution in [0, 0.1) is 18.6 Å². The summed E-state index contributed by atoms with van der Waals surface area (Å²) in [7, 11) is 5.05. The van der Waals surface area contributed by atoms with Crippen LogP contribution >= 0.6 is 0 Å². The Morgan fingerprint density at radius 2 is 1.77 bits per heavy atom. The lowest BCUT2D eigenvalue weighted by Crippen LogP contribution is -2.47. The van der Waals surface area contributed by atoms with Gasteiger partial charge in [-0.3, -0.25) is 9.48 Å². The van der Waals surface area contributed by atoms with Crippen molar-refractivity contribution in [3.8, 4) is 11.5 Å². The number of anilines is 2. The van der Waals surface area contributed by atoms with Gasteiger partial charge in [0.15, 0.2) is 23.0 Å². The first-order chi connectivity index (χ1) is 16.8. The van der Waals surface area contributed by atoms with Gasteiger partial charge in [-0.1, -0.05) is 0 Å². The van der Waals surface area contributed by atoms with E-state index in [1.165, 1.54) is 37.2 Å². The van der Waals surface area contributed by atoms with Gasteiger partial charge in [0.1, 0.15) is 18.2 Å². The van der Waals surface area contributed by atoms with E-state index in [0.29, 0.717) is 24.6 Å². The summed E-state index contributed by atoms with van der Waals surface area (Å²) < 4.78 is 40.8. The smallest absolute Gasteiger partial charge is 0.274 e. The predicted octanol–water partition coefficient (Wildman–Crippen LogP) is 2.52. The molecule has 10 nitrogen and oxygen atoms in total. The third-order valence-electron chi connectivity index (χ3n) is 5.80. The van der Waals surface area contributed by atoms with Crippen molar-refractivity contribution in [2.75, 3.05) is 45.7 Å². The molecule has 1 saturated heterocycles. The van der Waals surface area contributed by atoms with Crippen LogP contribution in [-0.2, 0) is 13.7 Å². The fraction of sp³-hybridized carbons (Fsp3) is 0.391. The molecule has 35 heavy (non-hydrogen) atoms. The molecule has 0 atom stereocenters. The number of carbonyl (C=O) groups excluding carboxylic acids is 1. The monoisotopic (exact) mass is 487 g/mol. The van der Waals surface area contributed by atoms with E-state index in [1.807, 2.05) is 7.05 Å². The van der Waals surface area contributed by atoms with E-state index in [4.69, 9.17) is 9.47 Å². The molecule has 1 amide bonds. The van der Waals surface area contributed by atoms with E-state index >= 15 is 0 Å². The molecule has 0 unspecified atom stereocenters. The van der Waals surface area contributed by atoms with Gasteiger partial charge in [0.05, 0.1) is 25.1 Å². The zero-order valence-corrected chi connectivity index (χ0v) is 20.0. The van der Waals surface area contributed by atoms with E-state index in [1.54, 1.807) is 18.0 Å². The minimum Gasteiger partial charge on any atom is -0.494 e. The molecule has 2 aromatic heterocycles. The number of nitrogens with zero attached hydrogens (tertiary/aromatic N) is 6. The highest BCUT2D eigenvalue weighted by Gasteiger charge is 2.23. The number of hydrogen-bond acceptors (Lipinski definition) is 8. The Bertz CT molecular complexity index is 1210. The van der Waals surface area contributed by atoms with E-state index in [2.05, 4.69) is 25.3 Å². The number of amides is 1. The number of benzene rings is 1. The summed E-state index contributed by atoms with van der Waals surface area (Å²) in [4.78, 5) is 25.1. The number of piperazine rings is 1. The second kappa shape index (κ2) is 10.2. The summed E-state index contributed by atoms with van der Waals surface area (Å²) in [5, 5.41) is 7.31. The van der Waals surface area contributed by atoms with Gasteiger partial charge in [0.25, 0.3) is 5.91 Å². The first kappa shape index (κ1) is 24.3. The van der Waals surface area contributed by atoms with Gasteiger partial charge in [-0.25, -0.2) is 18.7 Å². The van der Waals surface area contributed by atoms with Crippen LogP contribution in [0.1, 0.15) is 21.6 Å². The highest BCUT2D eigenvalue weighted by molar-refractivity contribution is 5.93. The summed E-state index contributed by atoms with van der Waals surface area (Å²) in [5.41, 5.74) is 0.341. The minimum atomic E-state index is -0.812. The maximum atomic E-state index is 14.4. The number of halogens is 2. The molecular formula is C23H27F2N7O3. The largest absolute Gasteiger partial charge is 0.494 e. The lowest BCUT2D eigenvalue weighted by molar-refractivity contribution is 0.0657. The second-order valence-electron chi connectivity index (χ2n) is 8.29. The van der Waals surface area contributed by atoms with Crippen LogP contribution in [0.5, 0.6) is 11.5 Å². The molecule has 1 N–H and O–H groups in total. The van der Waals surface area contributed by atoms with Crippen molar-refractivity contribution < 1.29 is 23.0 Å². The Hall–Kier alpha value is -3.80. The molecule has 1 aliphatic rings. The SMILES string of the molecule is COc1cc(C)c(F)c(COc2cnc(Nc3cc(C(=O)N4CCN(C)CC4)nn3C)nc2)c1F. The normalized spacial score (nSPS) is 14.2. The van der Waals surface area contributed by atoms with Crippen LogP contribution in [0.4, 0.5) is 20.5 Å². The molecule has 3 heterocycles. The number of ether oxygens (including phenoxy) is 2. The lowest BCUT2D eigenvalue weighted by atomic mass is 10.1. The highest BCUT2D eigenvalue weighted by atomic mass is 19.1. The van der Waals surface area contributed by atoms with Gasteiger partial charge in [0.2, 0.25) is 5.95 Å². The zero-order chi connectivity index (χ0) is 25.1. The molecule has 1 aliphatic heterocycles. The van der Waals surface area contributed by atoms with E-state index in [9.17, 15) is 13.6 Å². The molecule has 0 spiro atoms. The Balaban J connectivity index is 1.40. The highest BCUT2D eigenvalue weighted by Crippen LogP contribution is 2.27. The molecule has 0 aliphatic carbocycles. The molecule has 1 aromatic carbocycles. The number of aromatic nitrogens is 4. The molecule has 0 saturated carbocycles. The molecule has 0 radical (unpaired) electrons. The molecule has 186 valence electrons. The second-order valence-corrected chi connectivity index (χ2v) is 8.29. The number of rotatable bonds is 7. The average Bonchev–Trinajstić information content (AvgIpc) is 3.22. The maximum Gasteiger partial charge on any atom is 0.274 e. The molecule has 4 rings (SSSR count). The van der Waals surface area contributed by atoms with E-state index in [-0.39, 0.29) is 41.1 Å². The molecule has 3 aromatic rings. The van der Waals surface area contributed by atoms with Crippen LogP contribution in [0.25, 0.3) is 0 Å². The van der Waals surface area contributed by atoms with Crippen LogP contribution in [-0.4, -0.2) is 75.8 Å². The van der Waals surface area contributed by atoms with Crippen LogP contribution < -0.4 is 14.8 Å². The number of likely N-dealkylation sites (N-methyl/N-ethyl adjacent to an activating group) is 1. The molecular weight excluding hydrogens is 460 g/mol. The Kier molecular flexibility index (Phi) is 7.10. The van der Waals surface area contributed by atoms with Gasteiger partial charge in [-0.05, 0) is 25.6 Å². The molecule has 12 heteroatoms. The Morgan fingerprint density at radius 3 is 2.43 bits per heavy atom. The van der Waals surface area contributed by atoms with Gasteiger partial charge in [0, 0.05) is 39.3 Å². The van der Waals surface area contributed by atoms with Crippen molar-refractivity contribution in [2.45, 2.75) is 13.5 Å². The van der Waals surface area contributed by atoms with Gasteiger partial charge >= 0.3 is 0 Å². The Labute approximate surface area is 201 Å². The quantitative estimate of drug-likeness (QED) is 0.543. The summed E-state index contributed by atoms with van der Waals surface area (Å²) in [5.74, 6) is -0.682. The standard InChI is InChI=1S/C23H27F2N7O3/c1-14-9-18(34-4)21(25)16(20(14)24)13-35-15-11-26-23(27-12-15)28-19-10-17(29-31(19)3)22(33)32-7-5-30(2)6-8-32/h9-12H,5-8,13H2,1-4H3,(H,26,27,28). The van der Waals surface area contributed by atoms with Crippen molar-refractivity contribution in [1.29, 1.82) is 0 Å². The third kappa shape index (κ3) is 5.32. The first-order valence-electron chi connectivity index (χ1n) is 11.0. The summed E-state index contributed by atoms with van der Waals surface area (Å²) in [6, 6.07) is 2.94. The molecule has 0 bridgehead atoms. The van der Waals surface area contributed by atoms with Gasteiger partial charge in [-0.2, -0.15) is 5.10 Å². The fourth-order valence-electron chi connectivity index (χ4n) is 3.67. The average molecular weight is 488 g/mol. The van der Waals surface area contributed by atoms with Crippen molar-refractivity contribution >= 4 is 17.7 Å². The van der Waals surface area contributed by atoms with Crippen molar-refractivity contribution in [1.82, 2.24) is 29.5 Å². The minimum absolute atomic E-state index is 0.0556. The predicted molar refractivity (Wildman–Crippen MR) is 124 cm³/mol. The first-order valence-corrected chi connectivity index (χ1v) is 11.0. The van der Waals surface area contributed by atoms with Crippen LogP contribution in [0.3, 0.4) is 0 Å². The number of hydrogen-bond donors (Lipinski definition) is 1. The van der Waals surface area contributed by atoms with Crippen LogP contribution in [0.2, 0.25) is 0 Å². The van der Waals surface area contributed by atoms with Crippen LogP contribution in [0.15, 0.2) is 24.5 Å². The van der Waals surface area contributed by atoms with Gasteiger partial charge < -0.3 is 24.6 Å². The third-order valence-corrected chi connectivity index (χ3v) is 5.80. The van der Waals surface area contributed by atoms with E-state index in [0.717, 1.165) is 13.1 Å². The number of nitrogens with one attached hydrogen (secondary N) is 1. The Morgan fingerprint density at radius 1 is 1.09 bits per heavy atom. The van der Waals surface area contributed by atoms with Crippen molar-refractivity contribution in [3.05, 3.63) is 53.0 Å². The van der Waals surface area contributed by atoms with Gasteiger partial charge in [-0.15, -0.1) is 0 Å².